The molecule has 0 spiro atoms. The van der Waals surface area contributed by atoms with E-state index in [9.17, 15) is 13.2 Å². The van der Waals surface area contributed by atoms with E-state index in [4.69, 9.17) is 5.11 Å². The van der Waals surface area contributed by atoms with Gasteiger partial charge in [0.2, 0.25) is 0 Å². The summed E-state index contributed by atoms with van der Waals surface area (Å²) in [4.78, 5) is 16.9. The third kappa shape index (κ3) is 3.10. The molecule has 0 atom stereocenters. The fourth-order valence-corrected chi connectivity index (χ4v) is 5.21. The van der Waals surface area contributed by atoms with Gasteiger partial charge in [0.25, 0.3) is 10.0 Å². The molecule has 3 heterocycles. The van der Waals surface area contributed by atoms with Crippen molar-refractivity contribution in [3.05, 3.63) is 64.9 Å². The van der Waals surface area contributed by atoms with E-state index in [0.717, 1.165) is 10.0 Å². The van der Waals surface area contributed by atoms with Crippen LogP contribution in [0.25, 0.3) is 16.6 Å². The fourth-order valence-electron chi connectivity index (χ4n) is 3.28. The smallest absolute Gasteiger partial charge is 0.407 e. The average Bonchev–Trinajstić information content (AvgIpc) is 3.10. The molecule has 1 N–H and O–H groups in total. The summed E-state index contributed by atoms with van der Waals surface area (Å²) in [5, 5.41) is 9.84. The molecule has 0 saturated heterocycles. The second-order valence-electron chi connectivity index (χ2n) is 6.35. The molecule has 4 rings (SSSR count). The van der Waals surface area contributed by atoms with Crippen molar-refractivity contribution >= 4 is 48.7 Å². The topological polar surface area (TPSA) is 92.5 Å². The minimum atomic E-state index is -3.89. The predicted molar refractivity (Wildman–Crippen MR) is 109 cm³/mol. The highest BCUT2D eigenvalue weighted by molar-refractivity contribution is 9.10. The van der Waals surface area contributed by atoms with Crippen LogP contribution in [0.5, 0.6) is 0 Å². The molecule has 0 radical (unpaired) electrons. The van der Waals surface area contributed by atoms with Gasteiger partial charge in [-0.05, 0) is 52.2 Å². The molecule has 144 valence electrons. The van der Waals surface area contributed by atoms with Gasteiger partial charge in [-0.1, -0.05) is 24.3 Å². The lowest BCUT2D eigenvalue weighted by Gasteiger charge is -2.24. The summed E-state index contributed by atoms with van der Waals surface area (Å²) in [6, 6.07) is 11.7. The maximum absolute atomic E-state index is 13.4. The summed E-state index contributed by atoms with van der Waals surface area (Å²) < 4.78 is 28.9. The van der Waals surface area contributed by atoms with Gasteiger partial charge in [0.1, 0.15) is 0 Å². The summed E-state index contributed by atoms with van der Waals surface area (Å²) in [5.41, 5.74) is 1.61. The quantitative estimate of drug-likeness (QED) is 0.639. The second kappa shape index (κ2) is 7.06. The van der Waals surface area contributed by atoms with Crippen molar-refractivity contribution in [2.24, 2.45) is 0 Å². The van der Waals surface area contributed by atoms with Crippen LogP contribution in [0.4, 0.5) is 4.79 Å². The molecule has 1 amide bonds. The van der Waals surface area contributed by atoms with Gasteiger partial charge in [0.15, 0.2) is 5.65 Å². The first-order valence-electron chi connectivity index (χ1n) is 8.53. The molecule has 0 fully saturated rings. The number of fused-ring (bicyclic) bond motifs is 1. The molecule has 7 nitrogen and oxygen atoms in total. The molecule has 0 saturated carbocycles. The highest BCUT2D eigenvalue weighted by atomic mass is 79.9. The minimum Gasteiger partial charge on any atom is -0.465 e. The molecule has 1 aromatic carbocycles. The molecular formula is C19H16BrN3O4S. The SMILES string of the molecule is O=C(O)N1CC=C(c2cc3c(Br)ccnc3n2S(=O)(=O)c2ccccc2)CC1. The summed E-state index contributed by atoms with van der Waals surface area (Å²) >= 11 is 3.47. The van der Waals surface area contributed by atoms with Crippen molar-refractivity contribution in [2.45, 2.75) is 11.3 Å². The zero-order chi connectivity index (χ0) is 19.9. The third-order valence-electron chi connectivity index (χ3n) is 4.70. The Morgan fingerprint density at radius 1 is 1.18 bits per heavy atom. The fraction of sp³-hybridized carbons (Fsp3) is 0.158. The van der Waals surface area contributed by atoms with Crippen molar-refractivity contribution in [1.29, 1.82) is 0 Å². The highest BCUT2D eigenvalue weighted by Crippen LogP contribution is 2.34. The van der Waals surface area contributed by atoms with Gasteiger partial charge in [-0.3, -0.25) is 0 Å². The van der Waals surface area contributed by atoms with Crippen molar-refractivity contribution in [1.82, 2.24) is 13.9 Å². The van der Waals surface area contributed by atoms with E-state index < -0.39 is 16.1 Å². The molecule has 3 aromatic rings. The van der Waals surface area contributed by atoms with Gasteiger partial charge in [-0.15, -0.1) is 0 Å². The number of rotatable bonds is 3. The number of aromatic nitrogens is 2. The Bertz CT molecular complexity index is 1200. The van der Waals surface area contributed by atoms with E-state index >= 15 is 0 Å². The van der Waals surface area contributed by atoms with Crippen molar-refractivity contribution in [2.75, 3.05) is 13.1 Å². The predicted octanol–water partition coefficient (Wildman–Crippen LogP) is 3.80. The number of nitrogens with zero attached hydrogens (tertiary/aromatic N) is 3. The Hall–Kier alpha value is -2.65. The van der Waals surface area contributed by atoms with Crippen molar-refractivity contribution in [3.8, 4) is 0 Å². The Morgan fingerprint density at radius 3 is 2.57 bits per heavy atom. The number of carboxylic acid groups (broad SMARTS) is 1. The lowest BCUT2D eigenvalue weighted by atomic mass is 10.1. The number of amides is 1. The number of carbonyl (C=O) groups is 1. The summed E-state index contributed by atoms with van der Waals surface area (Å²) in [5.74, 6) is 0. The van der Waals surface area contributed by atoms with Gasteiger partial charge in [-0.2, -0.15) is 0 Å². The second-order valence-corrected chi connectivity index (χ2v) is 8.99. The largest absolute Gasteiger partial charge is 0.465 e. The van der Waals surface area contributed by atoms with E-state index in [1.807, 2.05) is 0 Å². The number of pyridine rings is 1. The Labute approximate surface area is 170 Å². The van der Waals surface area contributed by atoms with Crippen LogP contribution in [0.2, 0.25) is 0 Å². The summed E-state index contributed by atoms with van der Waals surface area (Å²) in [6.45, 7) is 0.523. The molecule has 0 bridgehead atoms. The summed E-state index contributed by atoms with van der Waals surface area (Å²) in [7, 11) is -3.89. The zero-order valence-electron chi connectivity index (χ0n) is 14.6. The standard InChI is InChI=1S/C19H16BrN3O4S/c20-16-6-9-21-18-15(16)12-17(13-7-10-22(11-8-13)19(24)25)23(18)28(26,27)14-4-2-1-3-5-14/h1-7,9,12H,8,10-11H2,(H,24,25). The van der Waals surface area contributed by atoms with Crippen molar-refractivity contribution in [3.63, 3.8) is 0 Å². The monoisotopic (exact) mass is 461 g/mol. The van der Waals surface area contributed by atoms with Crippen LogP contribution in [-0.2, 0) is 10.0 Å². The molecule has 0 aliphatic carbocycles. The Morgan fingerprint density at radius 2 is 1.93 bits per heavy atom. The van der Waals surface area contributed by atoms with Gasteiger partial charge < -0.3 is 10.0 Å². The number of hydrogen-bond donors (Lipinski definition) is 1. The van der Waals surface area contributed by atoms with Crippen LogP contribution in [0.1, 0.15) is 12.1 Å². The number of benzene rings is 1. The minimum absolute atomic E-state index is 0.166. The van der Waals surface area contributed by atoms with Gasteiger partial charge >= 0.3 is 6.09 Å². The molecule has 1 aliphatic heterocycles. The molecular weight excluding hydrogens is 446 g/mol. The van der Waals surface area contributed by atoms with Crippen LogP contribution >= 0.6 is 15.9 Å². The lowest BCUT2D eigenvalue weighted by Crippen LogP contribution is -2.33. The van der Waals surface area contributed by atoms with E-state index in [1.54, 1.807) is 54.7 Å². The molecule has 28 heavy (non-hydrogen) atoms. The van der Waals surface area contributed by atoms with Gasteiger partial charge in [0, 0.05) is 29.1 Å². The number of halogens is 1. The molecule has 2 aromatic heterocycles. The van der Waals surface area contributed by atoms with Crippen LogP contribution in [0.3, 0.4) is 0 Å². The number of hydrogen-bond acceptors (Lipinski definition) is 4. The van der Waals surface area contributed by atoms with E-state index in [2.05, 4.69) is 20.9 Å². The Balaban J connectivity index is 1.94. The first-order chi connectivity index (χ1) is 13.4. The van der Waals surface area contributed by atoms with Gasteiger partial charge in [-0.25, -0.2) is 22.2 Å². The van der Waals surface area contributed by atoms with Crippen molar-refractivity contribution < 1.29 is 18.3 Å². The Kier molecular flexibility index (Phi) is 4.72. The lowest BCUT2D eigenvalue weighted by molar-refractivity contribution is 0.150. The summed E-state index contributed by atoms with van der Waals surface area (Å²) in [6.07, 6.45) is 2.74. The first kappa shape index (κ1) is 18.7. The van der Waals surface area contributed by atoms with E-state index in [-0.39, 0.29) is 11.4 Å². The normalized spacial score (nSPS) is 14.9. The van der Waals surface area contributed by atoms with E-state index in [0.29, 0.717) is 29.7 Å². The maximum atomic E-state index is 13.4. The molecule has 9 heteroatoms. The molecule has 1 aliphatic rings. The third-order valence-corrected chi connectivity index (χ3v) is 7.11. The van der Waals surface area contributed by atoms with Gasteiger partial charge in [0.05, 0.1) is 10.6 Å². The highest BCUT2D eigenvalue weighted by Gasteiger charge is 2.27. The van der Waals surface area contributed by atoms with Crippen LogP contribution in [-0.4, -0.2) is 46.6 Å². The maximum Gasteiger partial charge on any atom is 0.407 e. The average molecular weight is 462 g/mol. The zero-order valence-corrected chi connectivity index (χ0v) is 17.0. The van der Waals surface area contributed by atoms with E-state index in [1.165, 1.54) is 8.87 Å². The molecule has 0 unspecified atom stereocenters. The first-order valence-corrected chi connectivity index (χ1v) is 10.8. The van der Waals surface area contributed by atoms with Crippen LogP contribution in [0.15, 0.2) is 64.1 Å². The van der Waals surface area contributed by atoms with Crippen LogP contribution < -0.4 is 0 Å². The van der Waals surface area contributed by atoms with Crippen LogP contribution in [0, 0.1) is 0 Å².